The molecule has 0 bridgehead atoms. The van der Waals surface area contributed by atoms with Crippen LogP contribution >= 0.6 is 0 Å². The minimum atomic E-state index is -0.934. The van der Waals surface area contributed by atoms with Gasteiger partial charge in [0.2, 0.25) is 0 Å². The van der Waals surface area contributed by atoms with Crippen LogP contribution in [0.25, 0.3) is 39.2 Å². The quantitative estimate of drug-likeness (QED) is 0.349. The third-order valence-corrected chi connectivity index (χ3v) is 5.82. The van der Waals surface area contributed by atoms with Crippen LogP contribution in [0.3, 0.4) is 0 Å². The second-order valence-electron chi connectivity index (χ2n) is 7.84. The van der Waals surface area contributed by atoms with Crippen molar-refractivity contribution >= 4 is 17.0 Å². The molecule has 0 unspecified atom stereocenters. The third kappa shape index (κ3) is 3.64. The van der Waals surface area contributed by atoms with Crippen LogP contribution in [0.2, 0.25) is 0 Å². The second-order valence-corrected chi connectivity index (χ2v) is 7.84. The lowest BCUT2D eigenvalue weighted by molar-refractivity contribution is 0.0697. The first-order valence-corrected chi connectivity index (χ1v) is 10.6. The van der Waals surface area contributed by atoms with Gasteiger partial charge in [0.1, 0.15) is 11.6 Å². The molecule has 1 heterocycles. The van der Waals surface area contributed by atoms with Crippen LogP contribution < -0.4 is 4.74 Å². The van der Waals surface area contributed by atoms with Crippen molar-refractivity contribution in [2.45, 2.75) is 6.92 Å². The van der Waals surface area contributed by atoms with Crippen LogP contribution in [-0.4, -0.2) is 27.7 Å². The lowest BCUT2D eigenvalue weighted by atomic mass is 9.95. The fraction of sp³-hybridized carbons (Fsp3) is 0.0714. The van der Waals surface area contributed by atoms with E-state index in [1.54, 1.807) is 19.2 Å². The molecule has 1 N–H and O–H groups in total. The van der Waals surface area contributed by atoms with Crippen molar-refractivity contribution in [1.82, 2.24) is 9.55 Å². The monoisotopic (exact) mass is 434 g/mol. The van der Waals surface area contributed by atoms with Gasteiger partial charge in [-0.05, 0) is 78.2 Å². The van der Waals surface area contributed by atoms with E-state index in [1.165, 1.54) is 0 Å². The molecule has 0 aliphatic carbocycles. The molecule has 4 aromatic carbocycles. The number of hydrogen-bond donors (Lipinski definition) is 1. The minimum Gasteiger partial charge on any atom is -0.497 e. The summed E-state index contributed by atoms with van der Waals surface area (Å²) in [6.45, 7) is 2.00. The first-order valence-electron chi connectivity index (χ1n) is 10.6. The third-order valence-electron chi connectivity index (χ3n) is 5.82. The summed E-state index contributed by atoms with van der Waals surface area (Å²) in [5, 5.41) is 9.62. The number of ether oxygens (including phenoxy) is 1. The van der Waals surface area contributed by atoms with Crippen LogP contribution in [-0.2, 0) is 0 Å². The number of methoxy groups -OCH3 is 1. The van der Waals surface area contributed by atoms with Gasteiger partial charge in [0.15, 0.2) is 0 Å². The number of aromatic nitrogens is 2. The molecule has 5 heteroatoms. The van der Waals surface area contributed by atoms with Crippen molar-refractivity contribution in [2.75, 3.05) is 7.11 Å². The summed E-state index contributed by atoms with van der Waals surface area (Å²) in [4.78, 5) is 16.6. The Balaban J connectivity index is 1.69. The number of fused-ring (bicyclic) bond motifs is 1. The Labute approximate surface area is 191 Å². The van der Waals surface area contributed by atoms with Crippen LogP contribution in [0.5, 0.6) is 5.75 Å². The lowest BCUT2D eigenvalue weighted by Crippen LogP contribution is -2.01. The molecule has 5 nitrogen and oxygen atoms in total. The smallest absolute Gasteiger partial charge is 0.336 e. The number of carboxylic acid groups (broad SMARTS) is 1. The van der Waals surface area contributed by atoms with E-state index in [4.69, 9.17) is 9.72 Å². The number of carbonyl (C=O) groups is 1. The number of benzene rings is 4. The summed E-state index contributed by atoms with van der Waals surface area (Å²) >= 11 is 0. The molecule has 0 atom stereocenters. The highest BCUT2D eigenvalue weighted by atomic mass is 16.5. The van der Waals surface area contributed by atoms with Crippen molar-refractivity contribution in [1.29, 1.82) is 0 Å². The van der Waals surface area contributed by atoms with Crippen molar-refractivity contribution < 1.29 is 14.6 Å². The number of aromatic carboxylic acids is 1. The Morgan fingerprint density at radius 2 is 1.61 bits per heavy atom. The number of rotatable bonds is 5. The van der Waals surface area contributed by atoms with Gasteiger partial charge < -0.3 is 9.84 Å². The Morgan fingerprint density at radius 3 is 2.33 bits per heavy atom. The Bertz CT molecular complexity index is 1480. The molecular formula is C28H22N2O3. The zero-order valence-corrected chi connectivity index (χ0v) is 18.3. The molecule has 1 aromatic heterocycles. The Morgan fingerprint density at radius 1 is 0.879 bits per heavy atom. The van der Waals surface area contributed by atoms with E-state index in [9.17, 15) is 9.90 Å². The maximum atomic E-state index is 11.7. The van der Waals surface area contributed by atoms with E-state index >= 15 is 0 Å². The summed E-state index contributed by atoms with van der Waals surface area (Å²) in [5.41, 5.74) is 6.73. The van der Waals surface area contributed by atoms with Crippen molar-refractivity contribution in [2.24, 2.45) is 0 Å². The van der Waals surface area contributed by atoms with E-state index < -0.39 is 5.97 Å². The molecule has 162 valence electrons. The summed E-state index contributed by atoms with van der Waals surface area (Å²) in [7, 11) is 1.65. The molecule has 0 radical (unpaired) electrons. The summed E-state index contributed by atoms with van der Waals surface area (Å²) in [5.74, 6) is 0.687. The lowest BCUT2D eigenvalue weighted by Gasteiger charge is -2.14. The van der Waals surface area contributed by atoms with Gasteiger partial charge in [-0.3, -0.25) is 4.57 Å². The van der Waals surface area contributed by atoms with Gasteiger partial charge in [0.25, 0.3) is 0 Å². The van der Waals surface area contributed by atoms with Gasteiger partial charge in [-0.15, -0.1) is 0 Å². The van der Waals surface area contributed by atoms with Gasteiger partial charge >= 0.3 is 5.97 Å². The van der Waals surface area contributed by atoms with E-state index in [-0.39, 0.29) is 0 Å². The van der Waals surface area contributed by atoms with E-state index in [0.29, 0.717) is 11.1 Å². The largest absolute Gasteiger partial charge is 0.497 e. The zero-order valence-electron chi connectivity index (χ0n) is 18.3. The summed E-state index contributed by atoms with van der Waals surface area (Å²) < 4.78 is 7.44. The summed E-state index contributed by atoms with van der Waals surface area (Å²) in [6, 6.07) is 29.1. The number of aryl methyl sites for hydroxylation is 1. The maximum absolute atomic E-state index is 11.7. The highest BCUT2D eigenvalue weighted by Gasteiger charge is 2.17. The van der Waals surface area contributed by atoms with Crippen LogP contribution in [0.1, 0.15) is 15.9 Å². The van der Waals surface area contributed by atoms with E-state index in [1.807, 2.05) is 73.7 Å². The molecule has 5 aromatic rings. The van der Waals surface area contributed by atoms with Crippen LogP contribution in [0.4, 0.5) is 0 Å². The minimum absolute atomic E-state index is 0.292. The highest BCUT2D eigenvalue weighted by molar-refractivity contribution is 5.96. The predicted octanol–water partition coefficient (Wildman–Crippen LogP) is 6.37. The Kier molecular flexibility index (Phi) is 5.15. The number of hydrogen-bond acceptors (Lipinski definition) is 3. The molecule has 0 fully saturated rings. The van der Waals surface area contributed by atoms with E-state index in [0.717, 1.165) is 45.0 Å². The van der Waals surface area contributed by atoms with Crippen molar-refractivity contribution in [3.05, 3.63) is 102 Å². The standard InChI is InChI=1S/C28H22N2O3/c1-18-17-20(13-16-22(18)23-7-3-4-8-24(23)28(31)32)30-26-10-6-5-9-25(26)29-27(30)19-11-14-21(33-2)15-12-19/h3-17H,1-2H3,(H,31,32). The van der Waals surface area contributed by atoms with Crippen LogP contribution in [0.15, 0.2) is 91.0 Å². The second kappa shape index (κ2) is 8.28. The van der Waals surface area contributed by atoms with Gasteiger partial charge in [0.05, 0.1) is 23.7 Å². The predicted molar refractivity (Wildman–Crippen MR) is 130 cm³/mol. The maximum Gasteiger partial charge on any atom is 0.336 e. The number of para-hydroxylation sites is 2. The van der Waals surface area contributed by atoms with Crippen molar-refractivity contribution in [3.63, 3.8) is 0 Å². The highest BCUT2D eigenvalue weighted by Crippen LogP contribution is 2.33. The molecule has 5 rings (SSSR count). The molecular weight excluding hydrogens is 412 g/mol. The molecule has 0 aliphatic heterocycles. The zero-order chi connectivity index (χ0) is 22.9. The Hall–Kier alpha value is -4.38. The van der Waals surface area contributed by atoms with Crippen molar-refractivity contribution in [3.8, 4) is 34.0 Å². The fourth-order valence-corrected chi connectivity index (χ4v) is 4.21. The summed E-state index contributed by atoms with van der Waals surface area (Å²) in [6.07, 6.45) is 0. The first kappa shape index (κ1) is 20.5. The number of carboxylic acids is 1. The molecule has 0 saturated carbocycles. The van der Waals surface area contributed by atoms with Gasteiger partial charge in [-0.1, -0.05) is 36.4 Å². The molecule has 0 saturated heterocycles. The average Bonchev–Trinajstić information content (AvgIpc) is 3.23. The molecule has 33 heavy (non-hydrogen) atoms. The molecule has 0 aliphatic rings. The first-order chi connectivity index (χ1) is 16.1. The van der Waals surface area contributed by atoms with Gasteiger partial charge in [-0.25, -0.2) is 9.78 Å². The van der Waals surface area contributed by atoms with Crippen LogP contribution in [0, 0.1) is 6.92 Å². The average molecular weight is 434 g/mol. The van der Waals surface area contributed by atoms with E-state index in [2.05, 4.69) is 16.7 Å². The van der Waals surface area contributed by atoms with Gasteiger partial charge in [-0.2, -0.15) is 0 Å². The molecule has 0 amide bonds. The molecule has 0 spiro atoms. The fourth-order valence-electron chi connectivity index (χ4n) is 4.21. The number of imidazole rings is 1. The topological polar surface area (TPSA) is 64.4 Å². The number of nitrogens with zero attached hydrogens (tertiary/aromatic N) is 2. The SMILES string of the molecule is COc1ccc(-c2nc3ccccc3n2-c2ccc(-c3ccccc3C(=O)O)c(C)c2)cc1. The normalized spacial score (nSPS) is 11.0. The van der Waals surface area contributed by atoms with Gasteiger partial charge in [0, 0.05) is 11.3 Å².